The van der Waals surface area contributed by atoms with Gasteiger partial charge in [0.25, 0.3) is 0 Å². The number of aliphatic hydroxyl groups excluding tert-OH is 2. The molecule has 0 heterocycles. The van der Waals surface area contributed by atoms with Crippen LogP contribution in [0.3, 0.4) is 0 Å². The van der Waals surface area contributed by atoms with Gasteiger partial charge in [0.1, 0.15) is 0 Å². The van der Waals surface area contributed by atoms with Gasteiger partial charge in [0.2, 0.25) is 5.91 Å². The number of nitrogens with one attached hydrogen (secondary N) is 1. The lowest BCUT2D eigenvalue weighted by Gasteiger charge is -2.22. The lowest BCUT2D eigenvalue weighted by Crippen LogP contribution is -2.45. The number of carbonyl (C=O) groups excluding carboxylic acids is 2. The molecule has 2 atom stereocenters. The van der Waals surface area contributed by atoms with E-state index in [2.05, 4.69) is 31.3 Å². The van der Waals surface area contributed by atoms with Crippen LogP contribution in [0.5, 0.6) is 0 Å². The molecule has 6 heteroatoms. The second kappa shape index (κ2) is 61.1. The highest BCUT2D eigenvalue weighted by molar-refractivity contribution is 5.76. The Balaban J connectivity index is 3.38. The van der Waals surface area contributed by atoms with Crippen molar-refractivity contribution in [2.75, 3.05) is 13.2 Å². The van der Waals surface area contributed by atoms with Crippen LogP contribution in [-0.2, 0) is 14.3 Å². The molecule has 71 heavy (non-hydrogen) atoms. The molecule has 0 aliphatic rings. The number of unbranched alkanes of at least 4 members (excludes halogenated alkanes) is 48. The van der Waals surface area contributed by atoms with Gasteiger partial charge in [-0.1, -0.05) is 315 Å². The molecule has 0 fully saturated rings. The van der Waals surface area contributed by atoms with Gasteiger partial charge >= 0.3 is 5.97 Å². The first-order chi connectivity index (χ1) is 35.0. The maximum absolute atomic E-state index is 12.5. The van der Waals surface area contributed by atoms with Crippen molar-refractivity contribution in [3.63, 3.8) is 0 Å². The molecule has 0 saturated heterocycles. The molecule has 6 nitrogen and oxygen atoms in total. The van der Waals surface area contributed by atoms with Gasteiger partial charge in [0, 0.05) is 12.8 Å². The van der Waals surface area contributed by atoms with Crippen molar-refractivity contribution in [3.8, 4) is 0 Å². The topological polar surface area (TPSA) is 95.9 Å². The van der Waals surface area contributed by atoms with Gasteiger partial charge in [-0.25, -0.2) is 0 Å². The quantitative estimate of drug-likeness (QED) is 0.0320. The number of ether oxygens (including phenoxy) is 1. The Kier molecular flexibility index (Phi) is 59.9. The van der Waals surface area contributed by atoms with Crippen molar-refractivity contribution >= 4 is 11.9 Å². The van der Waals surface area contributed by atoms with Crippen LogP contribution in [0.4, 0.5) is 0 Å². The molecule has 0 aromatic heterocycles. The molecule has 0 saturated carbocycles. The maximum Gasteiger partial charge on any atom is 0.305 e. The Morgan fingerprint density at radius 1 is 0.380 bits per heavy atom. The molecular formula is C65H127NO5. The highest BCUT2D eigenvalue weighted by atomic mass is 16.5. The third-order valence-electron chi connectivity index (χ3n) is 15.3. The van der Waals surface area contributed by atoms with Crippen molar-refractivity contribution in [2.45, 2.75) is 379 Å². The SMILES string of the molecule is CCCCCCCCCCCCCCCCCCC(O)C(CO)NC(=O)CCCCCCCCCCCC/C=C\CCCCCCCCCCCCCCOC(=O)CCCCCCCCCCCCCC. The van der Waals surface area contributed by atoms with Crippen LogP contribution in [0, 0.1) is 0 Å². The molecule has 0 aromatic carbocycles. The summed E-state index contributed by atoms with van der Waals surface area (Å²) >= 11 is 0. The molecule has 0 bridgehead atoms. The summed E-state index contributed by atoms with van der Waals surface area (Å²) in [6.45, 7) is 4.98. The standard InChI is InChI=1S/C65H127NO5/c1-3-5-7-9-11-13-15-17-18-31-34-37-41-45-49-53-57-63(68)62(61-67)66-64(69)58-54-50-46-42-38-35-32-29-27-25-23-21-19-20-22-24-26-28-30-33-36-40-44-48-52-56-60-71-65(70)59-55-51-47-43-39-16-14-12-10-8-6-4-2/h19,21,62-63,67-68H,3-18,20,22-61H2,1-2H3,(H,66,69)/b21-19-. The zero-order valence-electron chi connectivity index (χ0n) is 48.2. The second-order valence-corrected chi connectivity index (χ2v) is 22.5. The van der Waals surface area contributed by atoms with Crippen LogP contribution in [0.1, 0.15) is 367 Å². The lowest BCUT2D eigenvalue weighted by molar-refractivity contribution is -0.143. The fraction of sp³-hybridized carbons (Fsp3) is 0.938. The van der Waals surface area contributed by atoms with Crippen molar-refractivity contribution in [1.29, 1.82) is 0 Å². The normalized spacial score (nSPS) is 12.6. The van der Waals surface area contributed by atoms with Crippen LogP contribution in [0.2, 0.25) is 0 Å². The molecule has 0 spiro atoms. The first-order valence-electron chi connectivity index (χ1n) is 32.4. The summed E-state index contributed by atoms with van der Waals surface area (Å²) in [5.74, 6) is -0.0180. The molecule has 422 valence electrons. The molecule has 1 amide bonds. The predicted octanol–water partition coefficient (Wildman–Crippen LogP) is 20.4. The molecule has 0 rings (SSSR count). The van der Waals surface area contributed by atoms with Gasteiger partial charge in [-0.2, -0.15) is 0 Å². The fourth-order valence-corrected chi connectivity index (χ4v) is 10.3. The van der Waals surface area contributed by atoms with E-state index in [1.54, 1.807) is 0 Å². The first kappa shape index (κ1) is 69.6. The lowest BCUT2D eigenvalue weighted by atomic mass is 10.0. The van der Waals surface area contributed by atoms with Crippen LogP contribution >= 0.6 is 0 Å². The molecule has 0 aromatic rings. The van der Waals surface area contributed by atoms with E-state index in [1.165, 1.54) is 295 Å². The number of carbonyl (C=O) groups is 2. The average molecular weight is 1000 g/mol. The average Bonchev–Trinajstić information content (AvgIpc) is 3.37. The van der Waals surface area contributed by atoms with Crippen molar-refractivity contribution < 1.29 is 24.5 Å². The highest BCUT2D eigenvalue weighted by Crippen LogP contribution is 2.18. The number of esters is 1. The maximum atomic E-state index is 12.5. The number of hydrogen-bond donors (Lipinski definition) is 3. The second-order valence-electron chi connectivity index (χ2n) is 22.5. The van der Waals surface area contributed by atoms with Gasteiger partial charge in [-0.3, -0.25) is 9.59 Å². The summed E-state index contributed by atoms with van der Waals surface area (Å²) in [5, 5.41) is 23.3. The number of rotatable bonds is 61. The van der Waals surface area contributed by atoms with Crippen LogP contribution < -0.4 is 5.32 Å². The Morgan fingerprint density at radius 3 is 1.00 bits per heavy atom. The molecular weight excluding hydrogens is 875 g/mol. The van der Waals surface area contributed by atoms with Crippen molar-refractivity contribution in [3.05, 3.63) is 12.2 Å². The predicted molar refractivity (Wildman–Crippen MR) is 310 cm³/mol. The Morgan fingerprint density at radius 2 is 0.662 bits per heavy atom. The minimum Gasteiger partial charge on any atom is -0.466 e. The molecule has 3 N–H and O–H groups in total. The Hall–Kier alpha value is -1.40. The smallest absolute Gasteiger partial charge is 0.305 e. The molecule has 0 radical (unpaired) electrons. The highest BCUT2D eigenvalue weighted by Gasteiger charge is 2.20. The third-order valence-corrected chi connectivity index (χ3v) is 15.3. The minimum atomic E-state index is -0.665. The number of aliphatic hydroxyl groups is 2. The summed E-state index contributed by atoms with van der Waals surface area (Å²) in [5.41, 5.74) is 0. The monoisotopic (exact) mass is 1000 g/mol. The van der Waals surface area contributed by atoms with E-state index in [-0.39, 0.29) is 18.5 Å². The summed E-state index contributed by atoms with van der Waals surface area (Å²) in [7, 11) is 0. The number of allylic oxidation sites excluding steroid dienone is 2. The number of hydrogen-bond acceptors (Lipinski definition) is 5. The molecule has 0 aliphatic heterocycles. The van der Waals surface area contributed by atoms with E-state index < -0.39 is 12.1 Å². The van der Waals surface area contributed by atoms with Crippen molar-refractivity contribution in [2.24, 2.45) is 0 Å². The van der Waals surface area contributed by atoms with Crippen molar-refractivity contribution in [1.82, 2.24) is 5.32 Å². The third kappa shape index (κ3) is 57.7. The van der Waals surface area contributed by atoms with Gasteiger partial charge in [0.15, 0.2) is 0 Å². The Labute approximate surface area is 444 Å². The zero-order chi connectivity index (χ0) is 51.4. The van der Waals surface area contributed by atoms with E-state index in [0.29, 0.717) is 25.9 Å². The molecule has 2 unspecified atom stereocenters. The van der Waals surface area contributed by atoms with E-state index in [1.807, 2.05) is 0 Å². The summed E-state index contributed by atoms with van der Waals surface area (Å²) in [6, 6.07) is -0.542. The summed E-state index contributed by atoms with van der Waals surface area (Å²) < 4.78 is 5.48. The van der Waals surface area contributed by atoms with Gasteiger partial charge in [-0.15, -0.1) is 0 Å². The Bertz CT molecular complexity index is 1060. The van der Waals surface area contributed by atoms with E-state index in [4.69, 9.17) is 4.74 Å². The largest absolute Gasteiger partial charge is 0.466 e. The van der Waals surface area contributed by atoms with E-state index in [9.17, 15) is 19.8 Å². The van der Waals surface area contributed by atoms with Gasteiger partial charge in [0.05, 0.1) is 25.4 Å². The van der Waals surface area contributed by atoms with Crippen LogP contribution in [0.25, 0.3) is 0 Å². The van der Waals surface area contributed by atoms with E-state index >= 15 is 0 Å². The number of amides is 1. The van der Waals surface area contributed by atoms with E-state index in [0.717, 1.165) is 38.5 Å². The first-order valence-corrected chi connectivity index (χ1v) is 32.4. The summed E-state index contributed by atoms with van der Waals surface area (Å²) in [6.07, 6.45) is 73.8. The summed E-state index contributed by atoms with van der Waals surface area (Å²) in [4.78, 5) is 24.5. The van der Waals surface area contributed by atoms with Gasteiger partial charge < -0.3 is 20.3 Å². The van der Waals surface area contributed by atoms with Gasteiger partial charge in [-0.05, 0) is 51.4 Å². The zero-order valence-corrected chi connectivity index (χ0v) is 48.2. The molecule has 0 aliphatic carbocycles. The van der Waals surface area contributed by atoms with Crippen LogP contribution in [0.15, 0.2) is 12.2 Å². The minimum absolute atomic E-state index is 0.0157. The van der Waals surface area contributed by atoms with Crippen LogP contribution in [-0.4, -0.2) is 47.4 Å². The fourth-order valence-electron chi connectivity index (χ4n) is 10.3.